The van der Waals surface area contributed by atoms with Gasteiger partial charge in [-0.25, -0.2) is 4.99 Å². The number of allylic oxidation sites excluding steroid dienone is 1. The van der Waals surface area contributed by atoms with Crippen molar-refractivity contribution < 1.29 is 4.79 Å². The average Bonchev–Trinajstić information content (AvgIpc) is 2.95. The van der Waals surface area contributed by atoms with Crippen molar-refractivity contribution in [3.63, 3.8) is 0 Å². The summed E-state index contributed by atoms with van der Waals surface area (Å²) < 4.78 is 0. The fourth-order valence-electron chi connectivity index (χ4n) is 2.16. The minimum absolute atomic E-state index is 0.0928. The first-order chi connectivity index (χ1) is 9.33. The Morgan fingerprint density at radius 2 is 1.89 bits per heavy atom. The van der Waals surface area contributed by atoms with Crippen LogP contribution in [-0.2, 0) is 4.79 Å². The van der Waals surface area contributed by atoms with Gasteiger partial charge < -0.3 is 10.6 Å². The van der Waals surface area contributed by atoms with Crippen molar-refractivity contribution in [3.05, 3.63) is 54.6 Å². The second-order valence-corrected chi connectivity index (χ2v) is 4.49. The summed E-state index contributed by atoms with van der Waals surface area (Å²) in [4.78, 5) is 20.2. The molecule has 0 saturated heterocycles. The molecule has 2 aliphatic rings. The van der Waals surface area contributed by atoms with Crippen LogP contribution in [0.3, 0.4) is 0 Å². The van der Waals surface area contributed by atoms with Crippen LogP contribution in [0.2, 0.25) is 0 Å². The van der Waals surface area contributed by atoms with Gasteiger partial charge in [-0.05, 0) is 18.2 Å². The molecule has 5 heteroatoms. The molecule has 0 radical (unpaired) electrons. The Bertz CT molecular complexity index is 554. The monoisotopic (exact) mass is 254 g/mol. The van der Waals surface area contributed by atoms with E-state index in [1.54, 1.807) is 12.4 Å². The summed E-state index contributed by atoms with van der Waals surface area (Å²) in [5, 5.41) is 6.27. The fraction of sp³-hybridized carbons (Fsp3) is 0.214. The first-order valence-electron chi connectivity index (χ1n) is 6.21. The van der Waals surface area contributed by atoms with E-state index in [9.17, 15) is 4.79 Å². The van der Waals surface area contributed by atoms with E-state index in [2.05, 4.69) is 20.6 Å². The number of amides is 1. The molecule has 0 spiro atoms. The molecule has 0 fully saturated rings. The Hall–Kier alpha value is -2.43. The number of hydrogen-bond donors (Lipinski definition) is 2. The van der Waals surface area contributed by atoms with Gasteiger partial charge in [-0.2, -0.15) is 0 Å². The number of hydrogen-bond acceptors (Lipinski definition) is 4. The predicted octanol–water partition coefficient (Wildman–Crippen LogP) is 0.963. The van der Waals surface area contributed by atoms with Gasteiger partial charge in [0.1, 0.15) is 0 Å². The van der Waals surface area contributed by atoms with E-state index in [-0.39, 0.29) is 18.0 Å². The third kappa shape index (κ3) is 2.54. The van der Waals surface area contributed by atoms with Crippen LogP contribution in [0.5, 0.6) is 0 Å². The van der Waals surface area contributed by atoms with Crippen molar-refractivity contribution in [1.82, 2.24) is 15.6 Å². The average molecular weight is 254 g/mol. The fourth-order valence-corrected chi connectivity index (χ4v) is 2.16. The summed E-state index contributed by atoms with van der Waals surface area (Å²) in [5.74, 6) is -0.264. The Morgan fingerprint density at radius 3 is 2.58 bits per heavy atom. The SMILES string of the molecule is O=C1N=C(c2ccncc2)C=CC1CC1NC=CN1. The van der Waals surface area contributed by atoms with E-state index >= 15 is 0 Å². The van der Waals surface area contributed by atoms with Gasteiger partial charge in [0, 0.05) is 36.8 Å². The number of carbonyl (C=O) groups is 1. The molecule has 5 nitrogen and oxygen atoms in total. The van der Waals surface area contributed by atoms with Gasteiger partial charge in [0.05, 0.1) is 17.8 Å². The zero-order chi connectivity index (χ0) is 13.1. The van der Waals surface area contributed by atoms with Crippen molar-refractivity contribution >= 4 is 11.6 Å². The quantitative estimate of drug-likeness (QED) is 0.843. The summed E-state index contributed by atoms with van der Waals surface area (Å²) in [6.07, 6.45) is 11.7. The molecule has 1 aromatic rings. The highest BCUT2D eigenvalue weighted by atomic mass is 16.1. The van der Waals surface area contributed by atoms with Crippen molar-refractivity contribution in [3.8, 4) is 0 Å². The van der Waals surface area contributed by atoms with E-state index in [1.165, 1.54) is 0 Å². The number of aliphatic imine (C=N–C) groups is 1. The third-order valence-corrected chi connectivity index (χ3v) is 3.18. The number of rotatable bonds is 3. The summed E-state index contributed by atoms with van der Waals surface area (Å²) in [6, 6.07) is 3.70. The molecule has 1 amide bonds. The number of carbonyl (C=O) groups excluding carboxylic acids is 1. The van der Waals surface area contributed by atoms with Crippen LogP contribution in [0.25, 0.3) is 0 Å². The Morgan fingerprint density at radius 1 is 1.16 bits per heavy atom. The maximum Gasteiger partial charge on any atom is 0.253 e. The first kappa shape index (κ1) is 11.6. The van der Waals surface area contributed by atoms with Crippen LogP contribution < -0.4 is 10.6 Å². The van der Waals surface area contributed by atoms with Crippen molar-refractivity contribution in [2.24, 2.45) is 10.9 Å². The van der Waals surface area contributed by atoms with Gasteiger partial charge >= 0.3 is 0 Å². The normalized spacial score (nSPS) is 22.0. The highest BCUT2D eigenvalue weighted by Gasteiger charge is 2.23. The maximum absolute atomic E-state index is 12.0. The molecule has 1 unspecified atom stereocenters. The van der Waals surface area contributed by atoms with Crippen molar-refractivity contribution in [1.29, 1.82) is 0 Å². The Kier molecular flexibility index (Phi) is 3.10. The lowest BCUT2D eigenvalue weighted by atomic mass is 9.97. The van der Waals surface area contributed by atoms with E-state index in [0.29, 0.717) is 12.1 Å². The molecule has 1 atom stereocenters. The number of aromatic nitrogens is 1. The van der Waals surface area contributed by atoms with Crippen LogP contribution in [0.15, 0.2) is 54.1 Å². The van der Waals surface area contributed by atoms with Gasteiger partial charge in [-0.15, -0.1) is 0 Å². The highest BCUT2D eigenvalue weighted by Crippen LogP contribution is 2.17. The molecule has 2 aliphatic heterocycles. The maximum atomic E-state index is 12.0. The lowest BCUT2D eigenvalue weighted by Gasteiger charge is -2.19. The summed E-state index contributed by atoms with van der Waals surface area (Å²) in [6.45, 7) is 0. The largest absolute Gasteiger partial charge is 0.370 e. The van der Waals surface area contributed by atoms with E-state index in [1.807, 2.05) is 36.7 Å². The van der Waals surface area contributed by atoms with E-state index in [0.717, 1.165) is 5.56 Å². The molecular weight excluding hydrogens is 240 g/mol. The zero-order valence-corrected chi connectivity index (χ0v) is 10.3. The van der Waals surface area contributed by atoms with Crippen LogP contribution in [0.4, 0.5) is 0 Å². The van der Waals surface area contributed by atoms with Gasteiger partial charge in [0.15, 0.2) is 0 Å². The molecular formula is C14H14N4O. The predicted molar refractivity (Wildman–Crippen MR) is 72.2 cm³/mol. The first-order valence-corrected chi connectivity index (χ1v) is 6.21. The summed E-state index contributed by atoms with van der Waals surface area (Å²) in [7, 11) is 0. The summed E-state index contributed by atoms with van der Waals surface area (Å²) >= 11 is 0. The van der Waals surface area contributed by atoms with Gasteiger partial charge in [0.2, 0.25) is 0 Å². The molecule has 3 rings (SSSR count). The van der Waals surface area contributed by atoms with Gasteiger partial charge in [-0.1, -0.05) is 6.08 Å². The molecule has 2 N–H and O–H groups in total. The number of pyridine rings is 1. The molecule has 0 bridgehead atoms. The molecule has 19 heavy (non-hydrogen) atoms. The van der Waals surface area contributed by atoms with Crippen LogP contribution in [0.1, 0.15) is 12.0 Å². The van der Waals surface area contributed by atoms with Crippen molar-refractivity contribution in [2.45, 2.75) is 12.6 Å². The molecule has 1 aromatic heterocycles. The van der Waals surface area contributed by atoms with E-state index in [4.69, 9.17) is 0 Å². The number of nitrogens with zero attached hydrogens (tertiary/aromatic N) is 2. The number of dihydropyridines is 1. The van der Waals surface area contributed by atoms with Gasteiger partial charge in [0.25, 0.3) is 5.91 Å². The highest BCUT2D eigenvalue weighted by molar-refractivity contribution is 6.15. The molecule has 0 aliphatic carbocycles. The molecule has 0 aromatic carbocycles. The minimum Gasteiger partial charge on any atom is -0.370 e. The lowest BCUT2D eigenvalue weighted by Crippen LogP contribution is -2.35. The van der Waals surface area contributed by atoms with Crippen LogP contribution in [0, 0.1) is 5.92 Å². The molecule has 0 saturated carbocycles. The topological polar surface area (TPSA) is 66.4 Å². The molecule has 96 valence electrons. The minimum atomic E-state index is -0.171. The van der Waals surface area contributed by atoms with Crippen LogP contribution >= 0.6 is 0 Å². The number of nitrogens with one attached hydrogen (secondary N) is 2. The smallest absolute Gasteiger partial charge is 0.253 e. The standard InChI is InChI=1S/C14H14N4O/c19-14-11(9-13-16-7-8-17-13)1-2-12(18-14)10-3-5-15-6-4-10/h1-8,11,13,16-17H,9H2. The molecule has 3 heterocycles. The second-order valence-electron chi connectivity index (χ2n) is 4.49. The Labute approximate surface area is 111 Å². The van der Waals surface area contributed by atoms with Gasteiger partial charge in [-0.3, -0.25) is 9.78 Å². The summed E-state index contributed by atoms with van der Waals surface area (Å²) in [5.41, 5.74) is 1.62. The van der Waals surface area contributed by atoms with E-state index < -0.39 is 0 Å². The third-order valence-electron chi connectivity index (χ3n) is 3.18. The lowest BCUT2D eigenvalue weighted by molar-refractivity contribution is -0.120. The second kappa shape index (κ2) is 5.06. The van der Waals surface area contributed by atoms with Crippen molar-refractivity contribution in [2.75, 3.05) is 0 Å². The van der Waals surface area contributed by atoms with Crippen LogP contribution in [-0.4, -0.2) is 22.8 Å². The Balaban J connectivity index is 1.70. The zero-order valence-electron chi connectivity index (χ0n) is 10.3.